The van der Waals surface area contributed by atoms with Crippen molar-refractivity contribution in [2.45, 2.75) is 19.7 Å². The second kappa shape index (κ2) is 8.13. The van der Waals surface area contributed by atoms with Gasteiger partial charge >= 0.3 is 5.56 Å². The van der Waals surface area contributed by atoms with Crippen molar-refractivity contribution in [2.75, 3.05) is 12.4 Å². The second-order valence-corrected chi connectivity index (χ2v) is 7.08. The Kier molecular flexibility index (Phi) is 5.37. The molecule has 1 aliphatic rings. The summed E-state index contributed by atoms with van der Waals surface area (Å²) in [6, 6.07) is 8.91. The van der Waals surface area contributed by atoms with Crippen LogP contribution in [-0.4, -0.2) is 28.0 Å². The van der Waals surface area contributed by atoms with Crippen molar-refractivity contribution < 1.29 is 17.9 Å². The van der Waals surface area contributed by atoms with Crippen LogP contribution in [0.15, 0.2) is 52.5 Å². The molecule has 160 valence electrons. The van der Waals surface area contributed by atoms with Gasteiger partial charge in [-0.05, 0) is 36.2 Å². The number of nitrogens with zero attached hydrogens (tertiary/aromatic N) is 4. The molecular weight excluding hydrogens is 411 g/mol. The van der Waals surface area contributed by atoms with E-state index in [2.05, 4.69) is 15.4 Å². The number of halogens is 3. The van der Waals surface area contributed by atoms with Crippen molar-refractivity contribution >= 4 is 18.0 Å². The average Bonchev–Trinajstić information content (AvgIpc) is 3.16. The van der Waals surface area contributed by atoms with Crippen LogP contribution >= 0.6 is 0 Å². The lowest BCUT2D eigenvalue weighted by atomic mass is 10.1. The Balaban J connectivity index is 1.69. The van der Waals surface area contributed by atoms with Gasteiger partial charge in [0.25, 0.3) is 0 Å². The normalized spacial score (nSPS) is 15.3. The molecule has 1 aromatic heterocycles. The lowest BCUT2D eigenvalue weighted by molar-refractivity contribution is 0.0814. The van der Waals surface area contributed by atoms with Crippen molar-refractivity contribution in [1.82, 2.24) is 14.6 Å². The molecule has 4 rings (SSSR count). The number of benzene rings is 2. The number of ether oxygens (including phenoxy) is 1. The molecule has 1 unspecified atom stereocenters. The Morgan fingerprint density at radius 1 is 1.10 bits per heavy atom. The van der Waals surface area contributed by atoms with Crippen LogP contribution in [-0.2, 0) is 11.3 Å². The molecule has 1 atom stereocenters. The molecule has 2 aromatic carbocycles. The first-order chi connectivity index (χ1) is 14.8. The van der Waals surface area contributed by atoms with Gasteiger partial charge in [-0.25, -0.2) is 8.78 Å². The van der Waals surface area contributed by atoms with Crippen LogP contribution in [0.5, 0.6) is 0 Å². The Morgan fingerprint density at radius 2 is 1.90 bits per heavy atom. The number of rotatable bonds is 5. The van der Waals surface area contributed by atoms with E-state index in [9.17, 15) is 18.0 Å². The zero-order chi connectivity index (χ0) is 22.1. The molecule has 31 heavy (non-hydrogen) atoms. The molecule has 0 spiro atoms. The fourth-order valence-electron chi connectivity index (χ4n) is 3.17. The highest BCUT2D eigenvalue weighted by atomic mass is 19.2. The van der Waals surface area contributed by atoms with E-state index in [1.807, 2.05) is 25.1 Å². The number of hydrogen-bond donors (Lipinski definition) is 1. The number of aromatic nitrogens is 2. The molecule has 1 N–H and O–H groups in total. The third-order valence-electron chi connectivity index (χ3n) is 4.84. The fraction of sp³-hybridized carbons (Fsp3) is 0.190. The highest BCUT2D eigenvalue weighted by molar-refractivity contribution is 5.60. The molecule has 2 heterocycles. The van der Waals surface area contributed by atoms with Gasteiger partial charge in [0.1, 0.15) is 0 Å². The highest BCUT2D eigenvalue weighted by Gasteiger charge is 2.21. The predicted octanol–water partition coefficient (Wildman–Crippen LogP) is 3.66. The number of aryl methyl sites for hydroxylation is 1. The quantitative estimate of drug-likeness (QED) is 0.670. The van der Waals surface area contributed by atoms with Crippen LogP contribution in [0.3, 0.4) is 0 Å². The van der Waals surface area contributed by atoms with Crippen LogP contribution in [0, 0.1) is 24.4 Å². The smallest absolute Gasteiger partial charge is 0.310 e. The van der Waals surface area contributed by atoms with E-state index in [-0.39, 0.29) is 12.5 Å². The first kappa shape index (κ1) is 20.5. The first-order valence-corrected chi connectivity index (χ1v) is 9.31. The maximum absolute atomic E-state index is 13.9. The van der Waals surface area contributed by atoms with E-state index < -0.39 is 29.2 Å². The van der Waals surface area contributed by atoms with Crippen molar-refractivity contribution in [3.05, 3.63) is 87.1 Å². The molecule has 1 aliphatic heterocycles. The van der Waals surface area contributed by atoms with Gasteiger partial charge in [0, 0.05) is 24.5 Å². The van der Waals surface area contributed by atoms with Crippen molar-refractivity contribution in [3.63, 3.8) is 0 Å². The van der Waals surface area contributed by atoms with Gasteiger partial charge in [-0.3, -0.25) is 9.80 Å². The predicted molar refractivity (Wildman–Crippen MR) is 108 cm³/mol. The van der Waals surface area contributed by atoms with Crippen molar-refractivity contribution in [3.8, 4) is 0 Å². The van der Waals surface area contributed by atoms with Gasteiger partial charge in [-0.15, -0.1) is 5.10 Å². The fourth-order valence-corrected chi connectivity index (χ4v) is 3.17. The minimum atomic E-state index is -1.06. The van der Waals surface area contributed by atoms with Crippen LogP contribution < -0.4 is 10.9 Å². The minimum absolute atomic E-state index is 0.0369. The molecule has 7 nitrogen and oxygen atoms in total. The third-order valence-corrected chi connectivity index (χ3v) is 4.84. The van der Waals surface area contributed by atoms with E-state index in [1.165, 1.54) is 17.0 Å². The maximum Gasteiger partial charge on any atom is 0.310 e. The van der Waals surface area contributed by atoms with Crippen molar-refractivity contribution in [2.24, 2.45) is 5.10 Å². The summed E-state index contributed by atoms with van der Waals surface area (Å²) in [6.07, 6.45) is 1.91. The maximum atomic E-state index is 13.9. The van der Waals surface area contributed by atoms with Crippen LogP contribution in [0.1, 0.15) is 22.9 Å². The Bertz CT molecular complexity index is 1230. The van der Waals surface area contributed by atoms with E-state index in [0.29, 0.717) is 11.3 Å². The second-order valence-electron chi connectivity index (χ2n) is 7.08. The molecule has 0 bridgehead atoms. The Hall–Kier alpha value is -3.82. The monoisotopic (exact) mass is 429 g/mol. The Labute approximate surface area is 175 Å². The Morgan fingerprint density at radius 3 is 2.61 bits per heavy atom. The number of anilines is 2. The van der Waals surface area contributed by atoms with Crippen LogP contribution in [0.25, 0.3) is 0 Å². The summed E-state index contributed by atoms with van der Waals surface area (Å²) in [4.78, 5) is 15.6. The molecule has 3 aromatic rings. The summed E-state index contributed by atoms with van der Waals surface area (Å²) in [5.74, 6) is -3.01. The summed E-state index contributed by atoms with van der Waals surface area (Å²) in [7, 11) is 1.77. The van der Waals surface area contributed by atoms with Gasteiger partial charge in [0.05, 0.1) is 6.54 Å². The van der Waals surface area contributed by atoms with Gasteiger partial charge in [-0.2, -0.15) is 9.37 Å². The molecule has 0 radical (unpaired) electrons. The first-order valence-electron chi connectivity index (χ1n) is 9.31. The SMILES string of the molecule is Cc1ccc(C2OC=NN2C)cc1Nc1nc(=O)c(F)cn1Cc1ccc(F)c(F)c1. The molecule has 0 fully saturated rings. The van der Waals surface area contributed by atoms with Crippen LogP contribution in [0.4, 0.5) is 24.8 Å². The molecule has 10 heteroatoms. The summed E-state index contributed by atoms with van der Waals surface area (Å²) in [5, 5.41) is 8.71. The highest BCUT2D eigenvalue weighted by Crippen LogP contribution is 2.29. The van der Waals surface area contributed by atoms with Crippen molar-refractivity contribution in [1.29, 1.82) is 0 Å². The number of hydrogen-bond acceptors (Lipinski definition) is 6. The minimum Gasteiger partial charge on any atom is -0.453 e. The molecule has 0 saturated heterocycles. The lowest BCUT2D eigenvalue weighted by Crippen LogP contribution is -2.20. The van der Waals surface area contributed by atoms with Gasteiger partial charge < -0.3 is 14.6 Å². The molecule has 0 saturated carbocycles. The molecule has 0 aliphatic carbocycles. The van der Waals surface area contributed by atoms with E-state index in [4.69, 9.17) is 4.74 Å². The van der Waals surface area contributed by atoms with E-state index >= 15 is 0 Å². The van der Waals surface area contributed by atoms with Gasteiger partial charge in [0.15, 0.2) is 18.0 Å². The number of nitrogens with one attached hydrogen (secondary N) is 1. The molecule has 0 amide bonds. The summed E-state index contributed by atoms with van der Waals surface area (Å²) in [6.45, 7) is 1.81. The van der Waals surface area contributed by atoms with E-state index in [0.717, 1.165) is 29.5 Å². The third kappa shape index (κ3) is 4.23. The van der Waals surface area contributed by atoms with E-state index in [1.54, 1.807) is 12.1 Å². The topological polar surface area (TPSA) is 71.8 Å². The van der Waals surface area contributed by atoms with Gasteiger partial charge in [0.2, 0.25) is 18.0 Å². The van der Waals surface area contributed by atoms with Gasteiger partial charge in [-0.1, -0.05) is 18.2 Å². The lowest BCUT2D eigenvalue weighted by Gasteiger charge is -2.20. The average molecular weight is 429 g/mol. The molecular formula is C21H18F3N5O2. The summed E-state index contributed by atoms with van der Waals surface area (Å²) in [5.41, 5.74) is 1.58. The standard InChI is InChI=1S/C21H18F3N5O2/c1-12-3-5-14(20-28(2)25-11-31-20)8-18(12)26-21-27-19(30)17(24)10-29(21)9-13-4-6-15(22)16(23)7-13/h3-8,10-11,20H,9H2,1-2H3,(H,26,27,30). The summed E-state index contributed by atoms with van der Waals surface area (Å²) < 4.78 is 47.5. The zero-order valence-corrected chi connectivity index (χ0v) is 16.6. The van der Waals surface area contributed by atoms with Crippen LogP contribution in [0.2, 0.25) is 0 Å². The zero-order valence-electron chi connectivity index (χ0n) is 16.6. The number of hydrazone groups is 1. The summed E-state index contributed by atoms with van der Waals surface area (Å²) >= 11 is 0. The largest absolute Gasteiger partial charge is 0.453 e.